The summed E-state index contributed by atoms with van der Waals surface area (Å²) in [5.41, 5.74) is 2.59. The van der Waals surface area contributed by atoms with Gasteiger partial charge in [-0.25, -0.2) is 9.97 Å². The molecule has 2 amide bonds. The zero-order chi connectivity index (χ0) is 23.3. The number of aromatic amines is 1. The summed E-state index contributed by atoms with van der Waals surface area (Å²) in [6.07, 6.45) is 1.34. The van der Waals surface area contributed by atoms with Crippen molar-refractivity contribution in [1.29, 1.82) is 0 Å². The molecule has 0 unspecified atom stereocenters. The minimum absolute atomic E-state index is 0.113. The Morgan fingerprint density at radius 3 is 2.62 bits per heavy atom. The van der Waals surface area contributed by atoms with Crippen LogP contribution < -0.4 is 20.1 Å². The van der Waals surface area contributed by atoms with Gasteiger partial charge in [0, 0.05) is 18.2 Å². The van der Waals surface area contributed by atoms with E-state index in [2.05, 4.69) is 41.2 Å². The van der Waals surface area contributed by atoms with Crippen LogP contribution in [0.4, 0.5) is 5.82 Å². The van der Waals surface area contributed by atoms with Crippen LogP contribution in [0.1, 0.15) is 21.6 Å². The summed E-state index contributed by atoms with van der Waals surface area (Å²) in [5.74, 6) is 1.30. The lowest BCUT2D eigenvalue weighted by molar-refractivity contribution is -0.115. The number of nitrogens with zero attached hydrogens (tertiary/aromatic N) is 5. The van der Waals surface area contributed by atoms with Crippen molar-refractivity contribution in [3.63, 3.8) is 0 Å². The van der Waals surface area contributed by atoms with E-state index in [1.54, 1.807) is 18.2 Å². The van der Waals surface area contributed by atoms with E-state index in [4.69, 9.17) is 9.47 Å². The first-order chi connectivity index (χ1) is 16.6. The largest absolute Gasteiger partial charge is 0.454 e. The third-order valence-corrected chi connectivity index (χ3v) is 4.98. The van der Waals surface area contributed by atoms with E-state index in [-0.39, 0.29) is 30.6 Å². The van der Waals surface area contributed by atoms with Crippen molar-refractivity contribution in [2.75, 3.05) is 12.1 Å². The smallest absolute Gasteiger partial charge is 0.270 e. The van der Waals surface area contributed by atoms with Crippen molar-refractivity contribution >= 4 is 17.6 Å². The second kappa shape index (κ2) is 9.32. The van der Waals surface area contributed by atoms with Crippen LogP contribution in [0.25, 0.3) is 11.4 Å². The molecule has 0 atom stereocenters. The van der Waals surface area contributed by atoms with Gasteiger partial charge in [0.1, 0.15) is 17.8 Å². The zero-order valence-electron chi connectivity index (χ0n) is 17.7. The molecule has 0 bridgehead atoms. The number of amides is 2. The normalized spacial score (nSPS) is 11.8. The minimum Gasteiger partial charge on any atom is -0.454 e. The SMILES string of the molecule is O=C(Cc1ccc2c(c1)OCO2)Nc1cc(C(=O)NCc2ccc(-c3nn[nH]n3)cc2)ncn1. The number of nitrogens with one attached hydrogen (secondary N) is 3. The topological polar surface area (TPSA) is 157 Å². The van der Waals surface area contributed by atoms with Crippen molar-refractivity contribution in [3.05, 3.63) is 71.7 Å². The predicted octanol–water partition coefficient (Wildman–Crippen LogP) is 1.50. The summed E-state index contributed by atoms with van der Waals surface area (Å²) in [4.78, 5) is 33.0. The van der Waals surface area contributed by atoms with E-state index in [0.29, 0.717) is 23.9 Å². The van der Waals surface area contributed by atoms with Crippen LogP contribution >= 0.6 is 0 Å². The van der Waals surface area contributed by atoms with E-state index in [9.17, 15) is 9.59 Å². The van der Waals surface area contributed by atoms with E-state index in [0.717, 1.165) is 16.7 Å². The number of ether oxygens (including phenoxy) is 2. The lowest BCUT2D eigenvalue weighted by atomic mass is 10.1. The second-order valence-electron chi connectivity index (χ2n) is 7.32. The van der Waals surface area contributed by atoms with Crippen LogP contribution in [0.2, 0.25) is 0 Å². The molecular weight excluding hydrogens is 440 g/mol. The van der Waals surface area contributed by atoms with E-state index in [1.165, 1.54) is 12.4 Å². The Morgan fingerprint density at radius 2 is 1.79 bits per heavy atom. The fourth-order valence-corrected chi connectivity index (χ4v) is 3.30. The maximum absolute atomic E-state index is 12.5. The van der Waals surface area contributed by atoms with Gasteiger partial charge in [0.25, 0.3) is 5.91 Å². The highest BCUT2D eigenvalue weighted by molar-refractivity contribution is 5.95. The van der Waals surface area contributed by atoms with Gasteiger partial charge in [-0.2, -0.15) is 5.21 Å². The number of hydrogen-bond acceptors (Lipinski definition) is 9. The Morgan fingerprint density at radius 1 is 0.971 bits per heavy atom. The Kier molecular flexibility index (Phi) is 5.76. The Labute approximate surface area is 192 Å². The summed E-state index contributed by atoms with van der Waals surface area (Å²) in [6, 6.07) is 14.1. The maximum Gasteiger partial charge on any atom is 0.270 e. The molecular formula is C22H18N8O4. The molecule has 1 aliphatic rings. The molecule has 2 aromatic heterocycles. The van der Waals surface area contributed by atoms with Crippen molar-refractivity contribution < 1.29 is 19.1 Å². The number of benzene rings is 2. The highest BCUT2D eigenvalue weighted by Crippen LogP contribution is 2.32. The number of aromatic nitrogens is 6. The molecule has 12 heteroatoms. The van der Waals surface area contributed by atoms with Gasteiger partial charge in [-0.05, 0) is 28.5 Å². The number of carbonyl (C=O) groups is 2. The first-order valence-electron chi connectivity index (χ1n) is 10.3. The van der Waals surface area contributed by atoms with Gasteiger partial charge in [0.15, 0.2) is 11.5 Å². The quantitative estimate of drug-likeness (QED) is 0.373. The molecule has 0 saturated carbocycles. The zero-order valence-corrected chi connectivity index (χ0v) is 17.7. The van der Waals surface area contributed by atoms with E-state index >= 15 is 0 Å². The van der Waals surface area contributed by atoms with Gasteiger partial charge in [-0.1, -0.05) is 30.3 Å². The molecule has 12 nitrogen and oxygen atoms in total. The average molecular weight is 458 g/mol. The molecule has 1 aliphatic heterocycles. The number of H-pyrrole nitrogens is 1. The first kappa shape index (κ1) is 21.0. The Hall–Kier alpha value is -4.87. The molecule has 170 valence electrons. The van der Waals surface area contributed by atoms with Gasteiger partial charge < -0.3 is 20.1 Å². The summed E-state index contributed by atoms with van der Waals surface area (Å²) in [6.45, 7) is 0.462. The molecule has 4 aromatic rings. The van der Waals surface area contributed by atoms with Crippen LogP contribution in [-0.4, -0.2) is 49.2 Å². The van der Waals surface area contributed by atoms with Crippen LogP contribution in [0.15, 0.2) is 54.9 Å². The molecule has 0 saturated heterocycles. The van der Waals surface area contributed by atoms with Crippen LogP contribution in [0.3, 0.4) is 0 Å². The van der Waals surface area contributed by atoms with Crippen LogP contribution in [0, 0.1) is 0 Å². The number of anilines is 1. The highest BCUT2D eigenvalue weighted by atomic mass is 16.7. The molecule has 0 aliphatic carbocycles. The Bertz CT molecular complexity index is 1330. The van der Waals surface area contributed by atoms with Crippen molar-refractivity contribution in [2.24, 2.45) is 0 Å². The highest BCUT2D eigenvalue weighted by Gasteiger charge is 2.15. The van der Waals surface area contributed by atoms with Gasteiger partial charge in [0.2, 0.25) is 18.5 Å². The monoisotopic (exact) mass is 458 g/mol. The molecule has 34 heavy (non-hydrogen) atoms. The van der Waals surface area contributed by atoms with Crippen LogP contribution in [-0.2, 0) is 17.8 Å². The first-order valence-corrected chi connectivity index (χ1v) is 10.3. The minimum atomic E-state index is -0.393. The second-order valence-corrected chi connectivity index (χ2v) is 7.32. The lowest BCUT2D eigenvalue weighted by Gasteiger charge is -2.08. The summed E-state index contributed by atoms with van der Waals surface area (Å²) in [7, 11) is 0. The lowest BCUT2D eigenvalue weighted by Crippen LogP contribution is -2.24. The van der Waals surface area contributed by atoms with Gasteiger partial charge in [-0.15, -0.1) is 10.2 Å². The summed E-state index contributed by atoms with van der Waals surface area (Å²) < 4.78 is 10.6. The molecule has 0 fully saturated rings. The fourth-order valence-electron chi connectivity index (χ4n) is 3.30. The molecule has 0 radical (unpaired) electrons. The molecule has 2 aromatic carbocycles. The summed E-state index contributed by atoms with van der Waals surface area (Å²) in [5, 5.41) is 19.3. The van der Waals surface area contributed by atoms with E-state index in [1.807, 2.05) is 24.3 Å². The van der Waals surface area contributed by atoms with Crippen molar-refractivity contribution in [1.82, 2.24) is 35.9 Å². The third-order valence-electron chi connectivity index (χ3n) is 4.98. The van der Waals surface area contributed by atoms with Gasteiger partial charge in [-0.3, -0.25) is 9.59 Å². The maximum atomic E-state index is 12.5. The number of fused-ring (bicyclic) bond motifs is 1. The van der Waals surface area contributed by atoms with Gasteiger partial charge in [0.05, 0.1) is 6.42 Å². The Balaban J connectivity index is 1.16. The standard InChI is InChI=1S/C22H18N8O4/c31-20(8-14-3-6-17-18(7-14)34-12-33-17)26-19-9-16(24-11-25-19)22(32)23-10-13-1-4-15(5-2-13)21-27-29-30-28-21/h1-7,9,11H,8,10,12H2,(H,23,32)(H,24,25,26,31)(H,27,28,29,30). The number of tetrazole rings is 1. The molecule has 0 spiro atoms. The number of hydrogen-bond donors (Lipinski definition) is 3. The number of carbonyl (C=O) groups excluding carboxylic acids is 2. The van der Waals surface area contributed by atoms with E-state index < -0.39 is 5.91 Å². The predicted molar refractivity (Wildman–Crippen MR) is 118 cm³/mol. The van der Waals surface area contributed by atoms with Crippen molar-refractivity contribution in [3.8, 4) is 22.9 Å². The van der Waals surface area contributed by atoms with Crippen LogP contribution in [0.5, 0.6) is 11.5 Å². The van der Waals surface area contributed by atoms with Crippen molar-refractivity contribution in [2.45, 2.75) is 13.0 Å². The number of rotatable bonds is 7. The average Bonchev–Trinajstić information content (AvgIpc) is 3.55. The third kappa shape index (κ3) is 4.80. The molecule has 3 heterocycles. The molecule has 5 rings (SSSR count). The fraction of sp³-hybridized carbons (Fsp3) is 0.136. The summed E-state index contributed by atoms with van der Waals surface area (Å²) >= 11 is 0. The molecule has 3 N–H and O–H groups in total. The van der Waals surface area contributed by atoms with Gasteiger partial charge >= 0.3 is 0 Å².